The van der Waals surface area contributed by atoms with Crippen molar-refractivity contribution in [2.45, 2.75) is 19.9 Å². The smallest absolute Gasteiger partial charge is 0.355 e. The van der Waals surface area contributed by atoms with Gasteiger partial charge in [0.05, 0.1) is 0 Å². The molecule has 1 amide bonds. The number of hydrogen-bond acceptors (Lipinski definition) is 4. The van der Waals surface area contributed by atoms with Crippen LogP contribution in [-0.2, 0) is 29.5 Å². The average molecular weight is 418 g/mol. The van der Waals surface area contributed by atoms with Gasteiger partial charge in [-0.2, -0.15) is 0 Å². The van der Waals surface area contributed by atoms with Crippen molar-refractivity contribution in [2.24, 2.45) is 7.05 Å². The Hall–Kier alpha value is -3.67. The second kappa shape index (κ2) is 10.4. The van der Waals surface area contributed by atoms with Gasteiger partial charge in [0.1, 0.15) is 5.69 Å². The second-order valence-corrected chi connectivity index (χ2v) is 7.39. The highest BCUT2D eigenvalue weighted by Gasteiger charge is 2.19. The number of carbonyl (C=O) groups is 3. The molecule has 0 saturated carbocycles. The third-order valence-electron chi connectivity index (χ3n) is 5.03. The van der Waals surface area contributed by atoms with E-state index in [0.717, 1.165) is 11.1 Å². The van der Waals surface area contributed by atoms with E-state index in [-0.39, 0.29) is 24.0 Å². The zero-order valence-electron chi connectivity index (χ0n) is 17.8. The molecule has 1 aromatic heterocycles. The summed E-state index contributed by atoms with van der Waals surface area (Å²) in [6.07, 6.45) is 2.27. The Morgan fingerprint density at radius 3 is 2.13 bits per heavy atom. The molecule has 0 radical (unpaired) electrons. The van der Waals surface area contributed by atoms with Crippen LogP contribution < -0.4 is 0 Å². The molecule has 3 aromatic rings. The normalized spacial score (nSPS) is 10.5. The Kier molecular flexibility index (Phi) is 7.38. The zero-order valence-corrected chi connectivity index (χ0v) is 17.8. The molecule has 0 N–H and O–H groups in total. The van der Waals surface area contributed by atoms with Crippen LogP contribution in [0.2, 0.25) is 0 Å². The summed E-state index contributed by atoms with van der Waals surface area (Å²) in [6.45, 7) is 2.01. The first-order valence-corrected chi connectivity index (χ1v) is 10.1. The molecule has 0 aliphatic carbocycles. The Morgan fingerprint density at radius 2 is 1.55 bits per heavy atom. The third-order valence-corrected chi connectivity index (χ3v) is 5.03. The Morgan fingerprint density at radius 1 is 0.935 bits per heavy atom. The number of amides is 1. The fourth-order valence-electron chi connectivity index (χ4n) is 3.26. The Labute approximate surface area is 182 Å². The summed E-state index contributed by atoms with van der Waals surface area (Å²) in [6, 6.07) is 21.1. The van der Waals surface area contributed by atoms with Crippen LogP contribution in [0.15, 0.2) is 72.9 Å². The molecule has 0 aliphatic heterocycles. The quantitative estimate of drug-likeness (QED) is 0.393. The van der Waals surface area contributed by atoms with Crippen molar-refractivity contribution in [1.82, 2.24) is 9.47 Å². The highest BCUT2D eigenvalue weighted by Crippen LogP contribution is 2.11. The molecule has 31 heavy (non-hydrogen) atoms. The lowest BCUT2D eigenvalue weighted by Crippen LogP contribution is -2.36. The highest BCUT2D eigenvalue weighted by molar-refractivity contribution is 5.98. The molecular weight excluding hydrogens is 392 g/mol. The van der Waals surface area contributed by atoms with E-state index in [0.29, 0.717) is 25.1 Å². The lowest BCUT2D eigenvalue weighted by molar-refractivity contribution is -0.135. The number of benzene rings is 2. The molecule has 0 atom stereocenters. The van der Waals surface area contributed by atoms with Crippen LogP contribution in [0.3, 0.4) is 0 Å². The topological polar surface area (TPSA) is 68.6 Å². The molecule has 0 unspecified atom stereocenters. The molecule has 0 saturated heterocycles. The van der Waals surface area contributed by atoms with Crippen molar-refractivity contribution in [2.75, 3.05) is 13.2 Å². The van der Waals surface area contributed by atoms with Crippen molar-refractivity contribution in [1.29, 1.82) is 0 Å². The van der Waals surface area contributed by atoms with Crippen molar-refractivity contribution in [3.63, 3.8) is 0 Å². The number of ether oxygens (including phenoxy) is 1. The number of carbonyl (C=O) groups excluding carboxylic acids is 3. The van der Waals surface area contributed by atoms with Gasteiger partial charge in [0.2, 0.25) is 0 Å². The molecule has 0 aliphatic rings. The molecule has 0 fully saturated rings. The molecule has 3 rings (SSSR count). The summed E-state index contributed by atoms with van der Waals surface area (Å²) in [5.74, 6) is -1.04. The van der Waals surface area contributed by atoms with Gasteiger partial charge in [-0.3, -0.25) is 9.59 Å². The summed E-state index contributed by atoms with van der Waals surface area (Å²) in [5, 5.41) is 0. The van der Waals surface area contributed by atoms with Crippen LogP contribution in [-0.4, -0.2) is 40.3 Å². The van der Waals surface area contributed by atoms with Crippen LogP contribution in [0, 0.1) is 0 Å². The molecular formula is C25H26N2O4. The molecule has 6 nitrogen and oxygen atoms in total. The van der Waals surface area contributed by atoms with E-state index < -0.39 is 5.97 Å². The van der Waals surface area contributed by atoms with Crippen molar-refractivity contribution in [3.8, 4) is 0 Å². The lowest BCUT2D eigenvalue weighted by atomic mass is 10.1. The van der Waals surface area contributed by atoms with E-state index in [2.05, 4.69) is 0 Å². The van der Waals surface area contributed by atoms with Gasteiger partial charge in [0.25, 0.3) is 5.91 Å². The first-order chi connectivity index (χ1) is 14.9. The van der Waals surface area contributed by atoms with Crippen molar-refractivity contribution < 1.29 is 19.1 Å². The second-order valence-electron chi connectivity index (χ2n) is 7.39. The SMILES string of the molecule is CC(=O)c1cc(C(=O)OCC(=O)N(CCc2ccccc2)Cc2ccccc2)n(C)c1. The summed E-state index contributed by atoms with van der Waals surface area (Å²) in [7, 11) is 1.66. The number of nitrogens with zero attached hydrogens (tertiary/aromatic N) is 2. The number of hydrogen-bond donors (Lipinski definition) is 0. The fraction of sp³-hybridized carbons (Fsp3) is 0.240. The zero-order chi connectivity index (χ0) is 22.2. The minimum atomic E-state index is -0.633. The first-order valence-electron chi connectivity index (χ1n) is 10.1. The van der Waals surface area contributed by atoms with E-state index in [1.54, 1.807) is 18.1 Å². The molecule has 0 bridgehead atoms. The number of Topliss-reactive ketones (excluding diaryl/α,β-unsaturated/α-hetero) is 1. The van der Waals surface area contributed by atoms with Gasteiger partial charge in [0.15, 0.2) is 12.4 Å². The van der Waals surface area contributed by atoms with Crippen LogP contribution in [0.1, 0.15) is 38.9 Å². The van der Waals surface area contributed by atoms with Gasteiger partial charge < -0.3 is 14.2 Å². The van der Waals surface area contributed by atoms with Crippen molar-refractivity contribution in [3.05, 3.63) is 95.3 Å². The van der Waals surface area contributed by atoms with Crippen LogP contribution in [0.4, 0.5) is 0 Å². The number of ketones is 1. The maximum atomic E-state index is 12.9. The van der Waals surface area contributed by atoms with E-state index >= 15 is 0 Å². The van der Waals surface area contributed by atoms with Crippen LogP contribution >= 0.6 is 0 Å². The van der Waals surface area contributed by atoms with Gasteiger partial charge in [-0.15, -0.1) is 0 Å². The van der Waals surface area contributed by atoms with Crippen LogP contribution in [0.25, 0.3) is 0 Å². The number of aromatic nitrogens is 1. The first kappa shape index (κ1) is 22.0. The predicted octanol–water partition coefficient (Wildman–Crippen LogP) is 3.66. The van der Waals surface area contributed by atoms with Gasteiger partial charge in [-0.05, 0) is 30.5 Å². The van der Waals surface area contributed by atoms with Gasteiger partial charge in [-0.25, -0.2) is 4.79 Å². The standard InChI is InChI=1S/C25H26N2O4/c1-19(28)22-15-23(26(2)17-22)25(30)31-18-24(29)27(16-21-11-7-4-8-12-21)14-13-20-9-5-3-6-10-20/h3-12,15,17H,13-14,16,18H2,1-2H3. The molecule has 1 heterocycles. The maximum absolute atomic E-state index is 12.9. The summed E-state index contributed by atoms with van der Waals surface area (Å²) in [5.41, 5.74) is 2.79. The highest BCUT2D eigenvalue weighted by atomic mass is 16.5. The van der Waals surface area contributed by atoms with E-state index in [4.69, 9.17) is 4.74 Å². The molecule has 6 heteroatoms. The molecule has 160 valence electrons. The lowest BCUT2D eigenvalue weighted by Gasteiger charge is -2.23. The van der Waals surface area contributed by atoms with E-state index in [9.17, 15) is 14.4 Å². The Bertz CT molecular complexity index is 1040. The van der Waals surface area contributed by atoms with Gasteiger partial charge >= 0.3 is 5.97 Å². The number of rotatable bonds is 9. The maximum Gasteiger partial charge on any atom is 0.355 e. The minimum absolute atomic E-state index is 0.138. The van der Waals surface area contributed by atoms with Crippen LogP contribution in [0.5, 0.6) is 0 Å². The number of aryl methyl sites for hydroxylation is 1. The largest absolute Gasteiger partial charge is 0.451 e. The average Bonchev–Trinajstić information content (AvgIpc) is 3.18. The van der Waals surface area contributed by atoms with Crippen molar-refractivity contribution >= 4 is 17.7 Å². The summed E-state index contributed by atoms with van der Waals surface area (Å²) in [4.78, 5) is 38.6. The monoisotopic (exact) mass is 418 g/mol. The summed E-state index contributed by atoms with van der Waals surface area (Å²) < 4.78 is 6.80. The van der Waals surface area contributed by atoms with Gasteiger partial charge in [0, 0.05) is 31.9 Å². The van der Waals surface area contributed by atoms with Gasteiger partial charge in [-0.1, -0.05) is 60.7 Å². The third kappa shape index (κ3) is 6.15. The minimum Gasteiger partial charge on any atom is -0.451 e. The summed E-state index contributed by atoms with van der Waals surface area (Å²) >= 11 is 0. The molecule has 2 aromatic carbocycles. The molecule has 0 spiro atoms. The fourth-order valence-corrected chi connectivity index (χ4v) is 3.26. The van der Waals surface area contributed by atoms with E-state index in [1.807, 2.05) is 60.7 Å². The predicted molar refractivity (Wildman–Crippen MR) is 118 cm³/mol. The Balaban J connectivity index is 1.65. The number of esters is 1. The van der Waals surface area contributed by atoms with E-state index in [1.165, 1.54) is 17.6 Å².